The molecule has 9 heteroatoms. The lowest BCUT2D eigenvalue weighted by atomic mass is 9.61. The molecular formula is C32H32N4O4S. The van der Waals surface area contributed by atoms with Gasteiger partial charge in [0.2, 0.25) is 0 Å². The largest absolute Gasteiger partial charge is 0.379 e. The lowest BCUT2D eigenvalue weighted by Gasteiger charge is -2.42. The standard InChI is InChI=1S/C32H32N4O4S/c1-20-7-9-22(10-8-20)41(38,39)40-28-12-11-23-24-13-14-31(3)19-32(24,16-29(31)37)25(30(23)21(28)2)17-36-18-27(34-35-36)26-6-4-5-15-33-26/h4-12,15,18,24-25H,13-14,16-17,19H2,1-3H3/t24-,25-,31-,32+/m0/s1. The van der Waals surface area contributed by atoms with E-state index in [-0.39, 0.29) is 27.6 Å². The molecule has 1 spiro atoms. The van der Waals surface area contributed by atoms with Crippen molar-refractivity contribution in [2.24, 2.45) is 10.8 Å². The van der Waals surface area contributed by atoms with Crippen LogP contribution in [0.4, 0.5) is 0 Å². The van der Waals surface area contributed by atoms with Gasteiger partial charge < -0.3 is 4.18 Å². The van der Waals surface area contributed by atoms with Crippen molar-refractivity contribution in [2.75, 3.05) is 0 Å². The number of nitrogens with zero attached hydrogens (tertiary/aromatic N) is 4. The fourth-order valence-corrected chi connectivity index (χ4v) is 8.79. The number of carbonyl (C=O) groups excluding carboxylic acids is 1. The van der Waals surface area contributed by atoms with E-state index < -0.39 is 10.1 Å². The number of rotatable bonds is 6. The van der Waals surface area contributed by atoms with Crippen molar-refractivity contribution in [1.82, 2.24) is 20.0 Å². The van der Waals surface area contributed by atoms with E-state index in [1.165, 1.54) is 5.56 Å². The SMILES string of the molecule is Cc1ccc(S(=O)(=O)Oc2ccc3c(c2C)[C@H](Cn2cc(-c4ccccn4)nn2)[C@@]24CC(=O)[C@@](C)(CC[C@@H]32)C4)cc1. The van der Waals surface area contributed by atoms with Crippen molar-refractivity contribution in [3.8, 4) is 17.1 Å². The predicted octanol–water partition coefficient (Wildman–Crippen LogP) is 5.76. The molecule has 4 aromatic rings. The molecule has 3 aliphatic rings. The number of benzene rings is 2. The summed E-state index contributed by atoms with van der Waals surface area (Å²) >= 11 is 0. The summed E-state index contributed by atoms with van der Waals surface area (Å²) in [5, 5.41) is 8.84. The molecule has 0 aliphatic heterocycles. The molecule has 2 fully saturated rings. The van der Waals surface area contributed by atoms with Crippen LogP contribution in [0.1, 0.15) is 66.7 Å². The van der Waals surface area contributed by atoms with Gasteiger partial charge in [-0.3, -0.25) is 14.5 Å². The van der Waals surface area contributed by atoms with Crippen molar-refractivity contribution in [2.45, 2.75) is 69.7 Å². The van der Waals surface area contributed by atoms with Crippen LogP contribution in [0.25, 0.3) is 11.4 Å². The van der Waals surface area contributed by atoms with Crippen molar-refractivity contribution in [3.63, 3.8) is 0 Å². The molecule has 2 heterocycles. The number of aromatic nitrogens is 4. The van der Waals surface area contributed by atoms with Gasteiger partial charge in [0.25, 0.3) is 0 Å². The second kappa shape index (κ2) is 9.08. The summed E-state index contributed by atoms with van der Waals surface area (Å²) in [7, 11) is -4.02. The van der Waals surface area contributed by atoms with Gasteiger partial charge in [0.15, 0.2) is 0 Å². The Morgan fingerprint density at radius 1 is 1.05 bits per heavy atom. The monoisotopic (exact) mass is 568 g/mol. The van der Waals surface area contributed by atoms with Gasteiger partial charge in [0.1, 0.15) is 22.1 Å². The van der Waals surface area contributed by atoms with Crippen molar-refractivity contribution < 1.29 is 17.4 Å². The first-order valence-corrected chi connectivity index (χ1v) is 15.5. The van der Waals surface area contributed by atoms with Crippen LogP contribution in [0.3, 0.4) is 0 Å². The Hall–Kier alpha value is -3.85. The topological polar surface area (TPSA) is 104 Å². The number of hydrogen-bond acceptors (Lipinski definition) is 7. The van der Waals surface area contributed by atoms with Gasteiger partial charge in [-0.15, -0.1) is 5.10 Å². The summed E-state index contributed by atoms with van der Waals surface area (Å²) < 4.78 is 34.1. The van der Waals surface area contributed by atoms with Crippen LogP contribution in [0, 0.1) is 24.7 Å². The van der Waals surface area contributed by atoms with Crippen LogP contribution in [-0.2, 0) is 21.5 Å². The fourth-order valence-electron chi connectivity index (χ4n) is 7.80. The summed E-state index contributed by atoms with van der Waals surface area (Å²) in [6.45, 7) is 6.50. The van der Waals surface area contributed by atoms with Crippen LogP contribution in [-0.4, -0.2) is 34.2 Å². The maximum absolute atomic E-state index is 13.4. The van der Waals surface area contributed by atoms with Gasteiger partial charge in [0.05, 0.1) is 18.4 Å². The van der Waals surface area contributed by atoms with Crippen molar-refractivity contribution >= 4 is 15.9 Å². The Labute approximate surface area is 239 Å². The zero-order chi connectivity index (χ0) is 28.6. The van der Waals surface area contributed by atoms with E-state index >= 15 is 0 Å². The molecule has 8 nitrogen and oxygen atoms in total. The summed E-state index contributed by atoms with van der Waals surface area (Å²) in [5.74, 6) is 0.839. The van der Waals surface area contributed by atoms with Gasteiger partial charge in [-0.2, -0.15) is 8.42 Å². The summed E-state index contributed by atoms with van der Waals surface area (Å²) in [5.41, 5.74) is 4.93. The van der Waals surface area contributed by atoms with Crippen molar-refractivity contribution in [3.05, 3.63) is 89.2 Å². The third-order valence-corrected chi connectivity index (χ3v) is 11.1. The minimum atomic E-state index is -4.02. The zero-order valence-electron chi connectivity index (χ0n) is 23.4. The average Bonchev–Trinajstić information content (AvgIpc) is 3.58. The first-order chi connectivity index (χ1) is 19.6. The van der Waals surface area contributed by atoms with E-state index in [1.54, 1.807) is 36.5 Å². The molecule has 41 heavy (non-hydrogen) atoms. The quantitative estimate of drug-likeness (QED) is 0.273. The van der Waals surface area contributed by atoms with Crippen LogP contribution in [0.5, 0.6) is 5.75 Å². The smallest absolute Gasteiger partial charge is 0.339 e. The Bertz CT molecular complexity index is 1780. The van der Waals surface area contributed by atoms with E-state index in [2.05, 4.69) is 22.2 Å². The third-order valence-electron chi connectivity index (χ3n) is 9.82. The Kier molecular flexibility index (Phi) is 5.77. The maximum Gasteiger partial charge on any atom is 0.339 e. The summed E-state index contributed by atoms with van der Waals surface area (Å²) in [6.07, 6.45) is 6.78. The molecule has 2 bridgehead atoms. The predicted molar refractivity (Wildman–Crippen MR) is 153 cm³/mol. The highest BCUT2D eigenvalue weighted by molar-refractivity contribution is 7.87. The zero-order valence-corrected chi connectivity index (χ0v) is 24.2. The molecule has 0 saturated heterocycles. The third kappa shape index (κ3) is 4.04. The highest BCUT2D eigenvalue weighted by Gasteiger charge is 2.65. The van der Waals surface area contributed by atoms with E-state index in [0.29, 0.717) is 30.2 Å². The van der Waals surface area contributed by atoms with Gasteiger partial charge in [-0.1, -0.05) is 42.0 Å². The molecule has 4 atom stereocenters. The summed E-state index contributed by atoms with van der Waals surface area (Å²) in [4.78, 5) is 18.0. The minimum absolute atomic E-state index is 0.0440. The Morgan fingerprint density at radius 3 is 2.61 bits per heavy atom. The molecule has 0 radical (unpaired) electrons. The Balaban J connectivity index is 1.31. The average molecular weight is 569 g/mol. The van der Waals surface area contributed by atoms with E-state index in [9.17, 15) is 13.2 Å². The highest BCUT2D eigenvalue weighted by atomic mass is 32.2. The van der Waals surface area contributed by atoms with Gasteiger partial charge in [-0.05, 0) is 91.5 Å². The lowest BCUT2D eigenvalue weighted by molar-refractivity contribution is -0.125. The second-order valence-corrected chi connectivity index (χ2v) is 13.8. The molecule has 0 amide bonds. The summed E-state index contributed by atoms with van der Waals surface area (Å²) in [6, 6.07) is 16.2. The molecule has 210 valence electrons. The minimum Gasteiger partial charge on any atom is -0.379 e. The molecule has 0 unspecified atom stereocenters. The van der Waals surface area contributed by atoms with Crippen LogP contribution < -0.4 is 4.18 Å². The molecule has 3 aliphatic carbocycles. The number of hydrogen-bond donors (Lipinski definition) is 0. The molecular weight excluding hydrogens is 536 g/mol. The number of aryl methyl sites for hydroxylation is 1. The van der Waals surface area contributed by atoms with Crippen molar-refractivity contribution in [1.29, 1.82) is 0 Å². The van der Waals surface area contributed by atoms with E-state index in [0.717, 1.165) is 41.6 Å². The number of carbonyl (C=O) groups is 1. The number of ketones is 1. The molecule has 2 aromatic heterocycles. The van der Waals surface area contributed by atoms with Crippen LogP contribution >= 0.6 is 0 Å². The number of fused-ring (bicyclic) bond motifs is 3. The van der Waals surface area contributed by atoms with Gasteiger partial charge in [0, 0.05) is 24.0 Å². The maximum atomic E-state index is 13.4. The first-order valence-electron chi connectivity index (χ1n) is 14.1. The lowest BCUT2D eigenvalue weighted by Crippen LogP contribution is -2.35. The second-order valence-electron chi connectivity index (χ2n) is 12.3. The normalized spacial score (nSPS) is 26.6. The van der Waals surface area contributed by atoms with Crippen LogP contribution in [0.2, 0.25) is 0 Å². The Morgan fingerprint density at radius 2 is 1.85 bits per heavy atom. The van der Waals surface area contributed by atoms with Gasteiger partial charge >= 0.3 is 10.1 Å². The number of Topliss-reactive ketones (excluding diaryl/α,β-unsaturated/α-hetero) is 1. The highest BCUT2D eigenvalue weighted by Crippen LogP contribution is 2.72. The van der Waals surface area contributed by atoms with Crippen LogP contribution in [0.15, 0.2) is 71.9 Å². The molecule has 0 N–H and O–H groups in total. The fraction of sp³-hybridized carbons (Fsp3) is 0.375. The molecule has 7 rings (SSSR count). The first kappa shape index (κ1) is 26.1. The van der Waals surface area contributed by atoms with Gasteiger partial charge in [-0.25, -0.2) is 0 Å². The number of pyridine rings is 1. The molecule has 2 aromatic carbocycles. The van der Waals surface area contributed by atoms with E-state index in [1.807, 2.05) is 49.0 Å². The van der Waals surface area contributed by atoms with E-state index in [4.69, 9.17) is 4.18 Å². The molecule has 2 saturated carbocycles.